The van der Waals surface area contributed by atoms with Gasteiger partial charge < -0.3 is 10.5 Å². The number of ether oxygens (including phenoxy) is 1. The molecule has 0 bridgehead atoms. The summed E-state index contributed by atoms with van der Waals surface area (Å²) in [6.07, 6.45) is -0.386. The molecule has 1 aliphatic rings. The van der Waals surface area contributed by atoms with Gasteiger partial charge in [-0.1, -0.05) is 12.1 Å². The third-order valence-corrected chi connectivity index (χ3v) is 2.64. The van der Waals surface area contributed by atoms with E-state index in [0.29, 0.717) is 23.3 Å². The van der Waals surface area contributed by atoms with Crippen LogP contribution < -0.4 is 10.5 Å². The second kappa shape index (κ2) is 3.53. The van der Waals surface area contributed by atoms with Crippen LogP contribution in [-0.2, 0) is 0 Å². The fourth-order valence-electron chi connectivity index (χ4n) is 1.78. The van der Waals surface area contributed by atoms with Crippen LogP contribution in [0.25, 0.3) is 0 Å². The Balaban J connectivity index is 2.48. The van der Waals surface area contributed by atoms with Gasteiger partial charge in [0.05, 0.1) is 12.7 Å². The van der Waals surface area contributed by atoms with Gasteiger partial charge in [-0.15, -0.1) is 0 Å². The van der Waals surface area contributed by atoms with Crippen molar-refractivity contribution in [1.29, 1.82) is 0 Å². The summed E-state index contributed by atoms with van der Waals surface area (Å²) in [6.45, 7) is 0. The topological polar surface area (TPSA) is 52.3 Å². The third-order valence-electron chi connectivity index (χ3n) is 2.64. The highest BCUT2D eigenvalue weighted by Crippen LogP contribution is 2.46. The molecule has 0 radical (unpaired) electrons. The van der Waals surface area contributed by atoms with Gasteiger partial charge in [-0.2, -0.15) is 0 Å². The predicted octanol–water partition coefficient (Wildman–Crippen LogP) is 1.62. The molecule has 0 aliphatic heterocycles. The van der Waals surface area contributed by atoms with Gasteiger partial charge in [-0.3, -0.25) is 4.79 Å². The molecule has 0 unspecified atom stereocenters. The fraction of sp³-hybridized carbons (Fsp3) is 0.364. The van der Waals surface area contributed by atoms with E-state index < -0.39 is 12.1 Å². The van der Waals surface area contributed by atoms with E-state index in [4.69, 9.17) is 10.5 Å². The molecule has 4 heteroatoms. The second-order valence-corrected chi connectivity index (χ2v) is 3.65. The lowest BCUT2D eigenvalue weighted by Crippen LogP contribution is -2.15. The number of benzene rings is 1. The van der Waals surface area contributed by atoms with Crippen molar-refractivity contribution < 1.29 is 13.9 Å². The smallest absolute Gasteiger partial charge is 0.252 e. The number of alkyl halides is 1. The molecule has 1 aromatic rings. The summed E-state index contributed by atoms with van der Waals surface area (Å²) in [5.41, 5.74) is 6.23. The molecule has 3 nitrogen and oxygen atoms in total. The molecule has 0 saturated heterocycles. The van der Waals surface area contributed by atoms with Gasteiger partial charge in [0.25, 0.3) is 5.91 Å². The first kappa shape index (κ1) is 9.96. The summed E-state index contributed by atoms with van der Waals surface area (Å²) in [7, 11) is 1.46. The van der Waals surface area contributed by atoms with Crippen LogP contribution in [0.4, 0.5) is 4.39 Å². The van der Waals surface area contributed by atoms with Gasteiger partial charge in [0, 0.05) is 5.92 Å². The molecule has 2 atom stereocenters. The van der Waals surface area contributed by atoms with Gasteiger partial charge in [-0.05, 0) is 18.1 Å². The number of primary amides is 1. The maximum atomic E-state index is 12.9. The molecule has 2 rings (SSSR count). The molecule has 2 N–H and O–H groups in total. The zero-order valence-corrected chi connectivity index (χ0v) is 8.37. The molecule has 1 saturated carbocycles. The molecular weight excluding hydrogens is 197 g/mol. The summed E-state index contributed by atoms with van der Waals surface area (Å²) < 4.78 is 18.0. The highest BCUT2D eigenvalue weighted by atomic mass is 19.1. The van der Waals surface area contributed by atoms with Crippen molar-refractivity contribution in [2.24, 2.45) is 5.73 Å². The Bertz CT molecular complexity index is 406. The number of carbonyl (C=O) groups is 1. The Morgan fingerprint density at radius 2 is 2.27 bits per heavy atom. The summed E-state index contributed by atoms with van der Waals surface area (Å²) >= 11 is 0. The average Bonchev–Trinajstić information content (AvgIpc) is 2.94. The average molecular weight is 209 g/mol. The predicted molar refractivity (Wildman–Crippen MR) is 53.8 cm³/mol. The lowest BCUT2D eigenvalue weighted by molar-refractivity contribution is 0.0996. The first-order valence-electron chi connectivity index (χ1n) is 4.76. The minimum absolute atomic E-state index is 0.192. The maximum Gasteiger partial charge on any atom is 0.252 e. The molecule has 1 fully saturated rings. The van der Waals surface area contributed by atoms with Crippen LogP contribution in [0.5, 0.6) is 5.75 Å². The van der Waals surface area contributed by atoms with E-state index in [2.05, 4.69) is 0 Å². The summed E-state index contributed by atoms with van der Waals surface area (Å²) in [6, 6.07) is 5.12. The van der Waals surface area contributed by atoms with Gasteiger partial charge in [-0.25, -0.2) is 4.39 Å². The van der Waals surface area contributed by atoms with Gasteiger partial charge in [0.2, 0.25) is 0 Å². The van der Waals surface area contributed by atoms with Crippen LogP contribution >= 0.6 is 0 Å². The summed E-state index contributed by atoms with van der Waals surface area (Å²) in [4.78, 5) is 11.3. The van der Waals surface area contributed by atoms with Crippen molar-refractivity contribution in [1.82, 2.24) is 0 Å². The Morgan fingerprint density at radius 1 is 1.60 bits per heavy atom. The Morgan fingerprint density at radius 3 is 2.73 bits per heavy atom. The molecule has 80 valence electrons. The number of hydrogen-bond donors (Lipinski definition) is 1. The van der Waals surface area contributed by atoms with Crippen LogP contribution in [0.2, 0.25) is 0 Å². The van der Waals surface area contributed by atoms with Crippen LogP contribution in [0.15, 0.2) is 18.2 Å². The SMILES string of the molecule is COc1cccc([C@H]2C[C@@H]2F)c1C(N)=O. The van der Waals surface area contributed by atoms with Crippen molar-refractivity contribution >= 4 is 5.91 Å². The largest absolute Gasteiger partial charge is 0.496 e. The summed E-state index contributed by atoms with van der Waals surface area (Å²) in [5, 5.41) is 0. The van der Waals surface area contributed by atoms with Gasteiger partial charge in [0.15, 0.2) is 0 Å². The fourth-order valence-corrected chi connectivity index (χ4v) is 1.78. The number of methoxy groups -OCH3 is 1. The van der Waals surface area contributed by atoms with E-state index in [1.165, 1.54) is 7.11 Å². The summed E-state index contributed by atoms with van der Waals surface area (Å²) in [5.74, 6) is -0.344. The quantitative estimate of drug-likeness (QED) is 0.822. The molecule has 0 aromatic heterocycles. The lowest BCUT2D eigenvalue weighted by atomic mass is 10.0. The molecule has 1 aliphatic carbocycles. The number of carbonyl (C=O) groups excluding carboxylic acids is 1. The molecular formula is C11H12FNO2. The number of rotatable bonds is 3. The first-order valence-corrected chi connectivity index (χ1v) is 4.76. The van der Waals surface area contributed by atoms with Crippen molar-refractivity contribution in [2.75, 3.05) is 7.11 Å². The van der Waals surface area contributed by atoms with Crippen LogP contribution in [0.3, 0.4) is 0 Å². The number of nitrogens with two attached hydrogens (primary N) is 1. The second-order valence-electron chi connectivity index (χ2n) is 3.65. The van der Waals surface area contributed by atoms with Crippen LogP contribution in [-0.4, -0.2) is 19.2 Å². The first-order chi connectivity index (χ1) is 7.15. The number of halogens is 1. The van der Waals surface area contributed by atoms with Gasteiger partial charge >= 0.3 is 0 Å². The molecule has 1 amide bonds. The van der Waals surface area contributed by atoms with E-state index in [1.807, 2.05) is 0 Å². The van der Waals surface area contributed by atoms with E-state index in [-0.39, 0.29) is 5.92 Å². The van der Waals surface area contributed by atoms with E-state index in [9.17, 15) is 9.18 Å². The minimum atomic E-state index is -0.852. The number of amides is 1. The normalized spacial score (nSPS) is 23.6. The maximum absolute atomic E-state index is 12.9. The standard InChI is InChI=1S/C11H12FNO2/c1-15-9-4-2-3-6(7-5-8(7)12)10(9)11(13)14/h2-4,7-8H,5H2,1H3,(H2,13,14)/t7-,8+/m1/s1. The van der Waals surface area contributed by atoms with Crippen molar-refractivity contribution in [2.45, 2.75) is 18.5 Å². The lowest BCUT2D eigenvalue weighted by Gasteiger charge is -2.10. The van der Waals surface area contributed by atoms with Crippen molar-refractivity contribution in [3.05, 3.63) is 29.3 Å². The molecule has 0 heterocycles. The molecule has 0 spiro atoms. The van der Waals surface area contributed by atoms with Crippen molar-refractivity contribution in [3.63, 3.8) is 0 Å². The Kier molecular flexibility index (Phi) is 2.34. The highest BCUT2D eigenvalue weighted by Gasteiger charge is 2.41. The van der Waals surface area contributed by atoms with E-state index in [0.717, 1.165) is 0 Å². The highest BCUT2D eigenvalue weighted by molar-refractivity contribution is 5.97. The zero-order chi connectivity index (χ0) is 11.0. The molecule has 1 aromatic carbocycles. The van der Waals surface area contributed by atoms with E-state index >= 15 is 0 Å². The van der Waals surface area contributed by atoms with Gasteiger partial charge in [0.1, 0.15) is 11.9 Å². The van der Waals surface area contributed by atoms with Crippen molar-refractivity contribution in [3.8, 4) is 5.75 Å². The zero-order valence-electron chi connectivity index (χ0n) is 8.37. The minimum Gasteiger partial charge on any atom is -0.496 e. The Labute approximate surface area is 87.0 Å². The Hall–Kier alpha value is -1.58. The third kappa shape index (κ3) is 1.67. The van der Waals surface area contributed by atoms with E-state index in [1.54, 1.807) is 18.2 Å². The number of hydrogen-bond acceptors (Lipinski definition) is 2. The van der Waals surface area contributed by atoms with Crippen LogP contribution in [0, 0.1) is 0 Å². The molecule has 15 heavy (non-hydrogen) atoms. The monoisotopic (exact) mass is 209 g/mol. The van der Waals surface area contributed by atoms with Crippen LogP contribution in [0.1, 0.15) is 28.3 Å².